The molecule has 0 unspecified atom stereocenters. The molecule has 1 N–H and O–H groups in total. The molecule has 2 aromatic carbocycles. The first-order chi connectivity index (χ1) is 15.2. The molecule has 0 aliphatic rings. The molecule has 0 saturated heterocycles. The second-order valence-corrected chi connectivity index (χ2v) is 6.59. The van der Waals surface area contributed by atoms with Crippen molar-refractivity contribution in [3.8, 4) is 22.7 Å². The van der Waals surface area contributed by atoms with Crippen LogP contribution in [0.2, 0.25) is 0 Å². The molecule has 0 spiro atoms. The number of nitrogens with zero attached hydrogens (tertiary/aromatic N) is 4. The number of amides is 1. The molecule has 4 rings (SSSR count). The second kappa shape index (κ2) is 9.00. The molecular weight excluding hydrogens is 394 g/mol. The second-order valence-electron chi connectivity index (χ2n) is 6.59. The molecule has 8 nitrogen and oxygen atoms in total. The van der Waals surface area contributed by atoms with Crippen LogP contribution in [-0.4, -0.2) is 32.8 Å². The van der Waals surface area contributed by atoms with Crippen LogP contribution in [0.1, 0.15) is 16.2 Å². The van der Waals surface area contributed by atoms with Crippen molar-refractivity contribution in [3.05, 3.63) is 101 Å². The molecule has 2 aromatic heterocycles. The minimum absolute atomic E-state index is 0.00305. The summed E-state index contributed by atoms with van der Waals surface area (Å²) in [5.74, 6) is -0.385. The van der Waals surface area contributed by atoms with E-state index in [2.05, 4.69) is 20.4 Å². The number of methoxy groups -OCH3 is 1. The van der Waals surface area contributed by atoms with Crippen LogP contribution in [0.5, 0.6) is 5.75 Å². The lowest BCUT2D eigenvalue weighted by atomic mass is 10.1. The Morgan fingerprint density at radius 2 is 1.71 bits per heavy atom. The summed E-state index contributed by atoms with van der Waals surface area (Å²) >= 11 is 0. The maximum Gasteiger partial charge on any atom is 0.275 e. The van der Waals surface area contributed by atoms with E-state index in [0.29, 0.717) is 11.4 Å². The number of nitrogens with one attached hydrogen (secondary N) is 1. The highest BCUT2D eigenvalue weighted by Gasteiger charge is 2.18. The van der Waals surface area contributed by atoms with Crippen molar-refractivity contribution in [2.24, 2.45) is 0 Å². The van der Waals surface area contributed by atoms with E-state index in [1.807, 2.05) is 42.5 Å². The summed E-state index contributed by atoms with van der Waals surface area (Å²) in [6.07, 6.45) is 1.46. The molecule has 0 saturated carbocycles. The Labute approximate surface area is 178 Å². The van der Waals surface area contributed by atoms with E-state index >= 15 is 0 Å². The van der Waals surface area contributed by atoms with E-state index in [-0.39, 0.29) is 18.0 Å². The minimum Gasteiger partial charge on any atom is -0.494 e. The molecule has 8 heteroatoms. The molecule has 2 heterocycles. The lowest BCUT2D eigenvalue weighted by Gasteiger charge is -2.11. The largest absolute Gasteiger partial charge is 0.494 e. The van der Waals surface area contributed by atoms with Gasteiger partial charge >= 0.3 is 0 Å². The summed E-state index contributed by atoms with van der Waals surface area (Å²) in [5.41, 5.74) is 2.50. The average Bonchev–Trinajstić information content (AvgIpc) is 2.83. The normalized spacial score (nSPS) is 10.5. The van der Waals surface area contributed by atoms with Gasteiger partial charge in [0.05, 0.1) is 36.8 Å². The van der Waals surface area contributed by atoms with Gasteiger partial charge in [0.25, 0.3) is 11.5 Å². The zero-order chi connectivity index (χ0) is 21.6. The van der Waals surface area contributed by atoms with Crippen molar-refractivity contribution in [1.82, 2.24) is 25.1 Å². The molecule has 154 valence electrons. The van der Waals surface area contributed by atoms with Crippen molar-refractivity contribution in [2.45, 2.75) is 6.54 Å². The van der Waals surface area contributed by atoms with Gasteiger partial charge < -0.3 is 10.1 Å². The highest BCUT2D eigenvalue weighted by Crippen LogP contribution is 2.17. The summed E-state index contributed by atoms with van der Waals surface area (Å²) < 4.78 is 6.37. The first-order valence-corrected chi connectivity index (χ1v) is 9.54. The standard InChI is InChI=1S/C23H19N5O3/c1-31-20-13-21(29)28(18-10-6-3-7-11-18)27-22(20)23(30)24-14-17-12-19(26-15-25-17)16-8-4-2-5-9-16/h2-13,15H,14H2,1H3,(H,24,30). The van der Waals surface area contributed by atoms with Gasteiger partial charge in [-0.05, 0) is 18.2 Å². The first-order valence-electron chi connectivity index (χ1n) is 9.54. The quantitative estimate of drug-likeness (QED) is 0.522. The molecule has 0 fully saturated rings. The molecule has 0 radical (unpaired) electrons. The number of aromatic nitrogens is 4. The molecule has 0 aliphatic heterocycles. The lowest BCUT2D eigenvalue weighted by Crippen LogP contribution is -2.29. The number of hydrogen-bond acceptors (Lipinski definition) is 6. The van der Waals surface area contributed by atoms with Gasteiger partial charge in [0.2, 0.25) is 0 Å². The van der Waals surface area contributed by atoms with E-state index in [1.165, 1.54) is 19.5 Å². The van der Waals surface area contributed by atoms with Crippen LogP contribution in [-0.2, 0) is 6.54 Å². The molecule has 0 atom stereocenters. The Balaban J connectivity index is 1.57. The van der Waals surface area contributed by atoms with Crippen LogP contribution in [0.4, 0.5) is 0 Å². The minimum atomic E-state index is -0.485. The van der Waals surface area contributed by atoms with Gasteiger partial charge in [-0.2, -0.15) is 9.78 Å². The topological polar surface area (TPSA) is 99.0 Å². The van der Waals surface area contributed by atoms with Crippen LogP contribution >= 0.6 is 0 Å². The molecule has 31 heavy (non-hydrogen) atoms. The Hall–Kier alpha value is -4.33. The summed E-state index contributed by atoms with van der Waals surface area (Å²) in [7, 11) is 1.39. The van der Waals surface area contributed by atoms with Crippen molar-refractivity contribution >= 4 is 5.91 Å². The fraction of sp³-hybridized carbons (Fsp3) is 0.0870. The van der Waals surface area contributed by atoms with Crippen molar-refractivity contribution in [1.29, 1.82) is 0 Å². The summed E-state index contributed by atoms with van der Waals surface area (Å²) in [6.45, 7) is 0.163. The van der Waals surface area contributed by atoms with E-state index in [0.717, 1.165) is 15.9 Å². The van der Waals surface area contributed by atoms with Crippen LogP contribution < -0.4 is 15.6 Å². The third-order valence-electron chi connectivity index (χ3n) is 4.56. The van der Waals surface area contributed by atoms with Gasteiger partial charge in [-0.15, -0.1) is 0 Å². The highest BCUT2D eigenvalue weighted by molar-refractivity contribution is 5.94. The zero-order valence-electron chi connectivity index (χ0n) is 16.7. The predicted octanol–water partition coefficient (Wildman–Crippen LogP) is 2.63. The number of hydrogen-bond donors (Lipinski definition) is 1. The molecule has 4 aromatic rings. The Morgan fingerprint density at radius 3 is 2.42 bits per heavy atom. The number of carbonyl (C=O) groups is 1. The zero-order valence-corrected chi connectivity index (χ0v) is 16.7. The number of benzene rings is 2. The predicted molar refractivity (Wildman–Crippen MR) is 115 cm³/mol. The number of rotatable bonds is 6. The van der Waals surface area contributed by atoms with Crippen molar-refractivity contribution < 1.29 is 9.53 Å². The maximum atomic E-state index is 12.8. The Morgan fingerprint density at radius 1 is 1.00 bits per heavy atom. The van der Waals surface area contributed by atoms with Crippen LogP contribution in [0.3, 0.4) is 0 Å². The van der Waals surface area contributed by atoms with Crippen molar-refractivity contribution in [2.75, 3.05) is 7.11 Å². The van der Waals surface area contributed by atoms with Gasteiger partial charge in [0.15, 0.2) is 11.4 Å². The van der Waals surface area contributed by atoms with E-state index in [4.69, 9.17) is 4.74 Å². The smallest absolute Gasteiger partial charge is 0.275 e. The molecule has 0 aliphatic carbocycles. The van der Waals surface area contributed by atoms with E-state index < -0.39 is 11.5 Å². The Bertz CT molecular complexity index is 1260. The monoisotopic (exact) mass is 413 g/mol. The van der Waals surface area contributed by atoms with Gasteiger partial charge in [0.1, 0.15) is 6.33 Å². The van der Waals surface area contributed by atoms with E-state index in [9.17, 15) is 9.59 Å². The van der Waals surface area contributed by atoms with Gasteiger partial charge in [-0.25, -0.2) is 9.97 Å². The third-order valence-corrected chi connectivity index (χ3v) is 4.56. The average molecular weight is 413 g/mol. The summed E-state index contributed by atoms with van der Waals surface area (Å²) in [6, 6.07) is 21.6. The van der Waals surface area contributed by atoms with Gasteiger partial charge in [-0.1, -0.05) is 48.5 Å². The molecule has 1 amide bonds. The third kappa shape index (κ3) is 4.48. The fourth-order valence-corrected chi connectivity index (χ4v) is 3.02. The fourth-order valence-electron chi connectivity index (χ4n) is 3.02. The number of para-hydroxylation sites is 1. The first kappa shape index (κ1) is 20.0. The summed E-state index contributed by atoms with van der Waals surface area (Å²) in [5, 5.41) is 7.00. The summed E-state index contributed by atoms with van der Waals surface area (Å²) in [4.78, 5) is 33.7. The Kier molecular flexibility index (Phi) is 5.79. The van der Waals surface area contributed by atoms with Gasteiger partial charge in [0, 0.05) is 5.56 Å². The number of carbonyl (C=O) groups excluding carboxylic acids is 1. The van der Waals surface area contributed by atoms with E-state index in [1.54, 1.807) is 24.3 Å². The van der Waals surface area contributed by atoms with Crippen LogP contribution in [0.25, 0.3) is 16.9 Å². The van der Waals surface area contributed by atoms with Gasteiger partial charge in [-0.3, -0.25) is 9.59 Å². The number of ether oxygens (including phenoxy) is 1. The molecule has 0 bridgehead atoms. The van der Waals surface area contributed by atoms with Crippen LogP contribution in [0, 0.1) is 0 Å². The van der Waals surface area contributed by atoms with Crippen LogP contribution in [0.15, 0.2) is 83.9 Å². The maximum absolute atomic E-state index is 12.8. The molecular formula is C23H19N5O3. The SMILES string of the molecule is COc1cc(=O)n(-c2ccccc2)nc1C(=O)NCc1cc(-c2ccccc2)ncn1. The van der Waals surface area contributed by atoms with Crippen molar-refractivity contribution in [3.63, 3.8) is 0 Å². The highest BCUT2D eigenvalue weighted by atomic mass is 16.5. The lowest BCUT2D eigenvalue weighted by molar-refractivity contribution is 0.0940.